The summed E-state index contributed by atoms with van der Waals surface area (Å²) in [7, 11) is 3.15. The maximum atomic E-state index is 12.0. The van der Waals surface area contributed by atoms with E-state index in [1.54, 1.807) is 0 Å². The second-order valence-electron chi connectivity index (χ2n) is 6.04. The number of nitrogens with zero attached hydrogens (tertiary/aromatic N) is 1. The largest absolute Gasteiger partial charge is 1.00 e. The van der Waals surface area contributed by atoms with Gasteiger partial charge in [0.25, 0.3) is 0 Å². The second kappa shape index (κ2) is 9.78. The molecule has 0 aromatic heterocycles. The SMILES string of the molecule is C=C(CCCCCC)S(=O)(=O)CCC[N+](C)(C)C.[Cl-]. The van der Waals surface area contributed by atoms with Gasteiger partial charge in [0.1, 0.15) is 0 Å². The van der Waals surface area contributed by atoms with Crippen LogP contribution < -0.4 is 12.4 Å². The number of hydrogen-bond donors (Lipinski definition) is 0. The van der Waals surface area contributed by atoms with E-state index in [9.17, 15) is 8.42 Å². The van der Waals surface area contributed by atoms with Gasteiger partial charge in [-0.05, 0) is 12.8 Å². The highest BCUT2D eigenvalue weighted by molar-refractivity contribution is 7.95. The van der Waals surface area contributed by atoms with Gasteiger partial charge in [0.2, 0.25) is 0 Å². The number of sulfone groups is 1. The van der Waals surface area contributed by atoms with Crippen LogP contribution in [0.3, 0.4) is 0 Å². The van der Waals surface area contributed by atoms with Gasteiger partial charge in [-0.1, -0.05) is 32.8 Å². The maximum absolute atomic E-state index is 12.0. The molecule has 0 N–H and O–H groups in total. The Bertz CT molecular complexity index is 345. The molecule has 0 heterocycles. The third-order valence-electron chi connectivity index (χ3n) is 2.99. The van der Waals surface area contributed by atoms with Gasteiger partial charge in [0.05, 0.1) is 33.4 Å². The van der Waals surface area contributed by atoms with Gasteiger partial charge in [-0.15, -0.1) is 0 Å². The van der Waals surface area contributed by atoms with Crippen LogP contribution in [-0.4, -0.2) is 46.3 Å². The average Bonchev–Trinajstić information content (AvgIpc) is 2.21. The van der Waals surface area contributed by atoms with Crippen LogP contribution in [0.2, 0.25) is 0 Å². The molecule has 0 aliphatic carbocycles. The van der Waals surface area contributed by atoms with Gasteiger partial charge < -0.3 is 16.9 Å². The molecule has 0 aliphatic heterocycles. The minimum atomic E-state index is -3.07. The van der Waals surface area contributed by atoms with Gasteiger partial charge >= 0.3 is 0 Å². The summed E-state index contributed by atoms with van der Waals surface area (Å²) in [5, 5.41) is 0. The van der Waals surface area contributed by atoms with Crippen LogP contribution in [0.1, 0.15) is 45.4 Å². The molecule has 0 spiro atoms. The third-order valence-corrected chi connectivity index (χ3v) is 4.90. The van der Waals surface area contributed by atoms with Crippen molar-refractivity contribution >= 4 is 9.84 Å². The van der Waals surface area contributed by atoms with Crippen LogP contribution in [0.15, 0.2) is 11.5 Å². The fourth-order valence-electron chi connectivity index (χ4n) is 1.78. The molecule has 0 saturated heterocycles. The molecule has 116 valence electrons. The number of halogens is 1. The van der Waals surface area contributed by atoms with Crippen molar-refractivity contribution in [3.63, 3.8) is 0 Å². The number of rotatable bonds is 10. The van der Waals surface area contributed by atoms with Gasteiger partial charge in [0.15, 0.2) is 9.84 Å². The van der Waals surface area contributed by atoms with E-state index in [1.807, 2.05) is 0 Å². The molecular formula is C14H30ClNO2S. The van der Waals surface area contributed by atoms with E-state index in [2.05, 4.69) is 34.6 Å². The fraction of sp³-hybridized carbons (Fsp3) is 0.857. The molecule has 0 rings (SSSR count). The van der Waals surface area contributed by atoms with Crippen molar-refractivity contribution in [2.24, 2.45) is 0 Å². The predicted octanol–water partition coefficient (Wildman–Crippen LogP) is -0.0144. The molecule has 0 fully saturated rings. The summed E-state index contributed by atoms with van der Waals surface area (Å²) in [6.07, 6.45) is 5.73. The lowest BCUT2D eigenvalue weighted by atomic mass is 10.1. The van der Waals surface area contributed by atoms with Crippen LogP contribution in [0, 0.1) is 0 Å². The Balaban J connectivity index is 0. The second-order valence-corrected chi connectivity index (χ2v) is 8.25. The normalized spacial score (nSPS) is 12.0. The summed E-state index contributed by atoms with van der Waals surface area (Å²) in [5.74, 6) is 0.245. The minimum Gasteiger partial charge on any atom is -1.00 e. The molecule has 0 aliphatic rings. The Morgan fingerprint density at radius 3 is 2.11 bits per heavy atom. The van der Waals surface area contributed by atoms with E-state index >= 15 is 0 Å². The topological polar surface area (TPSA) is 34.1 Å². The molecule has 0 saturated carbocycles. The first-order valence-corrected chi connectivity index (χ1v) is 8.55. The van der Waals surface area contributed by atoms with E-state index in [0.717, 1.165) is 23.9 Å². The van der Waals surface area contributed by atoms with Crippen molar-refractivity contribution in [2.75, 3.05) is 33.4 Å². The minimum absolute atomic E-state index is 0. The predicted molar refractivity (Wildman–Crippen MR) is 79.2 cm³/mol. The summed E-state index contributed by atoms with van der Waals surface area (Å²) in [4.78, 5) is 0.431. The number of hydrogen-bond acceptors (Lipinski definition) is 2. The monoisotopic (exact) mass is 311 g/mol. The number of unbranched alkanes of at least 4 members (excludes halogenated alkanes) is 3. The Hall–Kier alpha value is -0.0600. The average molecular weight is 312 g/mol. The van der Waals surface area contributed by atoms with Crippen LogP contribution in [0.25, 0.3) is 0 Å². The van der Waals surface area contributed by atoms with Gasteiger partial charge in [-0.2, -0.15) is 0 Å². The van der Waals surface area contributed by atoms with Crippen molar-refractivity contribution in [1.82, 2.24) is 0 Å². The molecule has 3 nitrogen and oxygen atoms in total. The van der Waals surface area contributed by atoms with Crippen molar-refractivity contribution < 1.29 is 25.3 Å². The molecule has 0 bridgehead atoms. The molecule has 0 aromatic rings. The molecule has 0 unspecified atom stereocenters. The zero-order chi connectivity index (χ0) is 14.2. The van der Waals surface area contributed by atoms with Gasteiger partial charge in [-0.25, -0.2) is 8.42 Å². The zero-order valence-electron chi connectivity index (χ0n) is 12.9. The van der Waals surface area contributed by atoms with Crippen LogP contribution >= 0.6 is 0 Å². The summed E-state index contributed by atoms with van der Waals surface area (Å²) in [6.45, 7) is 6.77. The zero-order valence-corrected chi connectivity index (χ0v) is 14.5. The highest BCUT2D eigenvalue weighted by atomic mass is 35.5. The number of quaternary nitrogens is 1. The van der Waals surface area contributed by atoms with Crippen molar-refractivity contribution in [1.29, 1.82) is 0 Å². The van der Waals surface area contributed by atoms with E-state index in [4.69, 9.17) is 0 Å². The number of allylic oxidation sites excluding steroid dienone is 1. The smallest absolute Gasteiger partial charge is 0.174 e. The quantitative estimate of drug-likeness (QED) is 0.420. The van der Waals surface area contributed by atoms with Crippen molar-refractivity contribution in [3.8, 4) is 0 Å². The Morgan fingerprint density at radius 2 is 1.63 bits per heavy atom. The van der Waals surface area contributed by atoms with E-state index in [1.165, 1.54) is 12.8 Å². The first-order valence-electron chi connectivity index (χ1n) is 6.90. The van der Waals surface area contributed by atoms with Gasteiger partial charge in [-0.3, -0.25) is 0 Å². The van der Waals surface area contributed by atoms with E-state index in [0.29, 0.717) is 17.7 Å². The lowest BCUT2D eigenvalue weighted by Gasteiger charge is -2.23. The molecular weight excluding hydrogens is 282 g/mol. The highest BCUT2D eigenvalue weighted by Gasteiger charge is 2.17. The Kier molecular flexibility index (Phi) is 10.9. The molecule has 0 atom stereocenters. The highest BCUT2D eigenvalue weighted by Crippen LogP contribution is 2.16. The summed E-state index contributed by atoms with van der Waals surface area (Å²) < 4.78 is 24.8. The first-order chi connectivity index (χ1) is 8.19. The van der Waals surface area contributed by atoms with E-state index < -0.39 is 9.84 Å². The lowest BCUT2D eigenvalue weighted by molar-refractivity contribution is -0.870. The molecule has 5 heteroatoms. The fourth-order valence-corrected chi connectivity index (χ4v) is 3.03. The molecule has 19 heavy (non-hydrogen) atoms. The maximum Gasteiger partial charge on any atom is 0.174 e. The molecule has 0 radical (unpaired) electrons. The Labute approximate surface area is 126 Å². The van der Waals surface area contributed by atoms with Crippen LogP contribution in [0.4, 0.5) is 0 Å². The van der Waals surface area contributed by atoms with Crippen LogP contribution in [-0.2, 0) is 9.84 Å². The third kappa shape index (κ3) is 11.5. The Morgan fingerprint density at radius 1 is 1.05 bits per heavy atom. The van der Waals surface area contributed by atoms with Crippen molar-refractivity contribution in [2.45, 2.75) is 45.4 Å². The van der Waals surface area contributed by atoms with Gasteiger partial charge in [0, 0.05) is 11.3 Å². The summed E-state index contributed by atoms with van der Waals surface area (Å²) in [6, 6.07) is 0. The molecule has 0 aromatic carbocycles. The summed E-state index contributed by atoms with van der Waals surface area (Å²) in [5.41, 5.74) is 0. The van der Waals surface area contributed by atoms with E-state index in [-0.39, 0.29) is 18.2 Å². The summed E-state index contributed by atoms with van der Waals surface area (Å²) >= 11 is 0. The van der Waals surface area contributed by atoms with Crippen molar-refractivity contribution in [3.05, 3.63) is 11.5 Å². The molecule has 0 amide bonds. The van der Waals surface area contributed by atoms with Crippen LogP contribution in [0.5, 0.6) is 0 Å². The lowest BCUT2D eigenvalue weighted by Crippen LogP contribution is -3.00. The standard InChI is InChI=1S/C14H30NO2S.ClH/c1-6-7-8-9-11-14(2)18(16,17)13-10-12-15(3,4)5;/h2,6-13H2,1,3-5H3;1H/q+1;/p-1. The first kappa shape index (κ1) is 21.2.